The molecule has 0 fully saturated rings. The van der Waals surface area contributed by atoms with Crippen molar-refractivity contribution in [3.63, 3.8) is 0 Å². The van der Waals surface area contributed by atoms with Gasteiger partial charge in [0, 0.05) is 58.4 Å². The minimum absolute atomic E-state index is 0.322. The molecule has 11 aromatic rings. The molecule has 0 bridgehead atoms. The van der Waals surface area contributed by atoms with Crippen LogP contribution in [-0.4, -0.2) is 0 Å². The third-order valence-corrected chi connectivity index (χ3v) is 22.0. The molecule has 6 aliphatic rings. The van der Waals surface area contributed by atoms with Crippen molar-refractivity contribution >= 4 is 114 Å². The Balaban J connectivity index is 1.02. The zero-order chi connectivity index (χ0) is 51.4. The van der Waals surface area contributed by atoms with Crippen molar-refractivity contribution in [2.24, 2.45) is 0 Å². The minimum atomic E-state index is -4.07. The van der Waals surface area contributed by atoms with E-state index in [1.165, 1.54) is 0 Å². The van der Waals surface area contributed by atoms with Crippen LogP contribution in [0.1, 0.15) is 0 Å². The molecule has 0 spiro atoms. The fraction of sp³-hybridized carbons (Fsp3) is 0. The first-order valence-electron chi connectivity index (χ1n) is 25.8. The zero-order valence-electron chi connectivity index (χ0n) is 41.2. The lowest BCUT2D eigenvalue weighted by Gasteiger charge is -2.49. The van der Waals surface area contributed by atoms with E-state index < -0.39 is 14.3 Å². The second kappa shape index (κ2) is 15.9. The Morgan fingerprint density at radius 3 is 0.923 bits per heavy atom. The van der Waals surface area contributed by atoms with E-state index in [1.807, 2.05) is 194 Å². The van der Waals surface area contributed by atoms with E-state index >= 15 is 9.13 Å². The monoisotopic (exact) mass is 1050 g/mol. The van der Waals surface area contributed by atoms with E-state index in [0.717, 1.165) is 45.5 Å². The summed E-state index contributed by atoms with van der Waals surface area (Å²) in [5.41, 5.74) is 8.91. The standard InChI is InChI=1S/C66H40N4O6P2/c71-77-61-49-33-19-35-51(61)73-53-37-47(67(41-21-7-1-8-22-41)42-23-9-2-10-24-42)39-55(63(53)77)75-59-57-66-60(58(65(59)77)70(49)46-31-17-6-18-32-46)76-56-40-48(68(43-25-11-3-12-26-43)44-27-13-4-14-28-44)38-54-64(56)78(66,72)62-50(34-20-36-52(62)74-54)69(57)45-29-15-5-16-30-45/h1-40H. The van der Waals surface area contributed by atoms with Crippen LogP contribution in [0.4, 0.5) is 68.2 Å². The third kappa shape index (κ3) is 5.72. The van der Waals surface area contributed by atoms with Gasteiger partial charge in [-0.1, -0.05) is 121 Å². The first-order valence-corrected chi connectivity index (χ1v) is 29.2. The van der Waals surface area contributed by atoms with Gasteiger partial charge in [-0.2, -0.15) is 0 Å². The quantitative estimate of drug-likeness (QED) is 0.137. The van der Waals surface area contributed by atoms with Gasteiger partial charge in [0.2, 0.25) is 0 Å². The number of ether oxygens (including phenoxy) is 4. The first kappa shape index (κ1) is 43.5. The van der Waals surface area contributed by atoms with Crippen LogP contribution in [-0.2, 0) is 9.13 Å². The molecule has 0 saturated carbocycles. The molecule has 0 aromatic heterocycles. The van der Waals surface area contributed by atoms with Crippen LogP contribution >= 0.6 is 14.3 Å². The van der Waals surface area contributed by atoms with Crippen molar-refractivity contribution in [3.8, 4) is 46.0 Å². The topological polar surface area (TPSA) is 84.0 Å². The van der Waals surface area contributed by atoms with Crippen LogP contribution in [0.15, 0.2) is 243 Å². The van der Waals surface area contributed by atoms with Crippen molar-refractivity contribution in [1.29, 1.82) is 0 Å². The number of nitrogens with zero attached hydrogens (tertiary/aromatic N) is 4. The van der Waals surface area contributed by atoms with Crippen LogP contribution in [0.2, 0.25) is 0 Å². The minimum Gasteiger partial charge on any atom is -0.455 e. The highest BCUT2D eigenvalue weighted by Crippen LogP contribution is 2.74. The van der Waals surface area contributed by atoms with Crippen molar-refractivity contribution in [2.45, 2.75) is 0 Å². The number of anilines is 12. The summed E-state index contributed by atoms with van der Waals surface area (Å²) in [6.45, 7) is 0. The number of hydrogen-bond acceptors (Lipinski definition) is 10. The third-order valence-electron chi connectivity index (χ3n) is 15.6. The number of benzene rings is 11. The Hall–Kier alpha value is -9.72. The Labute approximate surface area is 448 Å². The zero-order valence-corrected chi connectivity index (χ0v) is 43.0. The molecule has 17 rings (SSSR count). The second-order valence-electron chi connectivity index (χ2n) is 19.9. The normalized spacial score (nSPS) is 17.3. The number of fused-ring (bicyclic) bond motifs is 2. The first-order chi connectivity index (χ1) is 38.5. The molecular weight excluding hydrogens is 1010 g/mol. The molecule has 11 aromatic carbocycles. The molecule has 0 N–H and O–H groups in total. The summed E-state index contributed by atoms with van der Waals surface area (Å²) in [6.07, 6.45) is 0. The van der Waals surface area contributed by atoms with Crippen molar-refractivity contribution in [3.05, 3.63) is 243 Å². The molecule has 10 nitrogen and oxygen atoms in total. The maximum atomic E-state index is 18.0. The summed E-state index contributed by atoms with van der Waals surface area (Å²) in [5, 5.41) is 2.86. The molecule has 0 amide bonds. The molecule has 78 heavy (non-hydrogen) atoms. The molecule has 6 aliphatic heterocycles. The summed E-state index contributed by atoms with van der Waals surface area (Å²) in [4.78, 5) is 8.49. The van der Waals surface area contributed by atoms with Crippen LogP contribution in [0.25, 0.3) is 0 Å². The van der Waals surface area contributed by atoms with Crippen LogP contribution in [0.3, 0.4) is 0 Å². The molecule has 12 heteroatoms. The van der Waals surface area contributed by atoms with Gasteiger partial charge in [0.15, 0.2) is 25.8 Å². The molecule has 0 radical (unpaired) electrons. The highest BCUT2D eigenvalue weighted by atomic mass is 31.2. The van der Waals surface area contributed by atoms with Gasteiger partial charge in [-0.15, -0.1) is 0 Å². The van der Waals surface area contributed by atoms with Crippen LogP contribution in [0, 0.1) is 0 Å². The molecule has 2 unspecified atom stereocenters. The maximum Gasteiger partial charge on any atom is 0.190 e. The molecule has 6 heterocycles. The summed E-state index contributed by atoms with van der Waals surface area (Å²) in [5.74, 6) is 3.15. The lowest BCUT2D eigenvalue weighted by molar-refractivity contribution is 0.453. The Kier molecular flexibility index (Phi) is 8.88. The Bertz CT molecular complexity index is 4110. The number of hydrogen-bond donors (Lipinski definition) is 0. The van der Waals surface area contributed by atoms with Gasteiger partial charge in [0.05, 0.1) is 44.0 Å². The van der Waals surface area contributed by atoms with E-state index in [1.54, 1.807) is 0 Å². The highest BCUT2D eigenvalue weighted by Gasteiger charge is 2.61. The van der Waals surface area contributed by atoms with Gasteiger partial charge < -0.3 is 47.7 Å². The fourth-order valence-corrected chi connectivity index (χ4v) is 19.4. The van der Waals surface area contributed by atoms with Gasteiger partial charge in [-0.25, -0.2) is 0 Å². The van der Waals surface area contributed by atoms with Crippen LogP contribution < -0.4 is 70.4 Å². The smallest absolute Gasteiger partial charge is 0.190 e. The predicted molar refractivity (Wildman–Crippen MR) is 311 cm³/mol. The largest absolute Gasteiger partial charge is 0.455 e. The van der Waals surface area contributed by atoms with Crippen molar-refractivity contribution in [2.75, 3.05) is 19.6 Å². The van der Waals surface area contributed by atoms with Crippen molar-refractivity contribution < 1.29 is 28.1 Å². The molecular formula is C66H40N4O6P2. The van der Waals surface area contributed by atoms with Gasteiger partial charge in [0.1, 0.15) is 56.5 Å². The average molecular weight is 1050 g/mol. The molecule has 0 aliphatic carbocycles. The van der Waals surface area contributed by atoms with Gasteiger partial charge in [-0.3, -0.25) is 0 Å². The van der Waals surface area contributed by atoms with E-state index in [9.17, 15) is 0 Å². The van der Waals surface area contributed by atoms with E-state index in [-0.39, 0.29) is 0 Å². The van der Waals surface area contributed by atoms with Crippen LogP contribution in [0.5, 0.6) is 46.0 Å². The molecule has 370 valence electrons. The highest BCUT2D eigenvalue weighted by molar-refractivity contribution is 7.88. The Morgan fingerprint density at radius 1 is 0.282 bits per heavy atom. The number of rotatable bonds is 8. The van der Waals surface area contributed by atoms with E-state index in [2.05, 4.69) is 68.1 Å². The fourth-order valence-electron chi connectivity index (χ4n) is 12.6. The van der Waals surface area contributed by atoms with E-state index in [4.69, 9.17) is 18.9 Å². The van der Waals surface area contributed by atoms with Gasteiger partial charge in [-0.05, 0) is 97.1 Å². The summed E-state index contributed by atoms with van der Waals surface area (Å²) < 4.78 is 65.5. The summed E-state index contributed by atoms with van der Waals surface area (Å²) in [7, 11) is -8.14. The van der Waals surface area contributed by atoms with Gasteiger partial charge >= 0.3 is 0 Å². The predicted octanol–water partition coefficient (Wildman–Crippen LogP) is 15.9. The Morgan fingerprint density at radius 2 is 0.590 bits per heavy atom. The number of para-hydroxylation sites is 6. The van der Waals surface area contributed by atoms with E-state index in [0.29, 0.717) is 101 Å². The van der Waals surface area contributed by atoms with Gasteiger partial charge in [0.25, 0.3) is 0 Å². The second-order valence-corrected chi connectivity index (χ2v) is 25.0. The average Bonchev–Trinajstić information content (AvgIpc) is 2.05. The maximum absolute atomic E-state index is 18.0. The lowest BCUT2D eigenvalue weighted by atomic mass is 10.1. The SMILES string of the molecule is O=P12c3c4cc(N(c5ccccc5)c5ccccc5)cc3Oc3c5c6c(c(c31)N(c1ccccc1)c1cccc(c12)O4)Oc1cc(N(c2ccccc2)c2ccccc2)cc2c1P6(=O)c1c(cccc1N5c1ccccc1)O2. The summed E-state index contributed by atoms with van der Waals surface area (Å²) >= 11 is 0. The lowest BCUT2D eigenvalue weighted by Crippen LogP contribution is -2.48. The summed E-state index contributed by atoms with van der Waals surface area (Å²) in [6, 6.07) is 80.1. The molecule has 2 atom stereocenters. The molecule has 0 saturated heterocycles. The van der Waals surface area contributed by atoms with Crippen molar-refractivity contribution in [1.82, 2.24) is 0 Å².